The molecule has 3 atom stereocenters. The number of carbonyl (C=O) groups excluding carboxylic acids is 1. The maximum atomic E-state index is 11.8. The lowest BCUT2D eigenvalue weighted by Gasteiger charge is -2.18. The molecule has 5 heteroatoms. The van der Waals surface area contributed by atoms with Crippen molar-refractivity contribution >= 4 is 5.91 Å². The van der Waals surface area contributed by atoms with Gasteiger partial charge in [0.2, 0.25) is 5.91 Å². The van der Waals surface area contributed by atoms with Gasteiger partial charge in [-0.15, -0.1) is 0 Å². The fourth-order valence-electron chi connectivity index (χ4n) is 4.91. The molecule has 0 bridgehead atoms. The van der Waals surface area contributed by atoms with E-state index in [0.29, 0.717) is 11.7 Å². The summed E-state index contributed by atoms with van der Waals surface area (Å²) in [6.07, 6.45) is 7.82. The Morgan fingerprint density at radius 2 is 2.04 bits per heavy atom. The number of hydrogen-bond donors (Lipinski definition) is 1. The number of likely N-dealkylation sites (N-methyl/N-ethyl adjacent to an activating group) is 1. The summed E-state index contributed by atoms with van der Waals surface area (Å²) in [5, 5.41) is 7.40. The molecule has 2 aliphatic rings. The average Bonchev–Trinajstić information content (AvgIpc) is 3.36. The Kier molecular flexibility index (Phi) is 5.05. The number of benzene rings is 1. The van der Waals surface area contributed by atoms with Gasteiger partial charge in [0.25, 0.3) is 0 Å². The smallest absolute Gasteiger partial charge is 0.227 e. The van der Waals surface area contributed by atoms with Crippen molar-refractivity contribution in [2.45, 2.75) is 57.4 Å². The molecular formula is C21H28N4O. The van der Waals surface area contributed by atoms with E-state index >= 15 is 0 Å². The molecule has 0 aliphatic heterocycles. The van der Waals surface area contributed by atoms with Crippen LogP contribution >= 0.6 is 0 Å². The highest BCUT2D eigenvalue weighted by Gasteiger charge is 2.42. The van der Waals surface area contributed by atoms with Gasteiger partial charge in [-0.1, -0.05) is 43.2 Å². The quantitative estimate of drug-likeness (QED) is 0.869. The van der Waals surface area contributed by atoms with Gasteiger partial charge < -0.3 is 5.32 Å². The SMILES string of the molecule is CNC(=O)Cc1nc([C@H]2CC[C@@H]3CCC[C@@H]32)n(CCc2ccccc2)n1. The standard InChI is InChI=1S/C21H28N4O/c1-22-20(26)14-19-23-21(18-11-10-16-8-5-9-17(16)18)25(24-19)13-12-15-6-3-2-4-7-15/h2-4,6-7,16-18H,5,8-14H2,1H3,(H,22,26)/t16-,17-,18-/m0/s1. The number of carbonyl (C=O) groups is 1. The number of aryl methyl sites for hydroxylation is 2. The van der Waals surface area contributed by atoms with Crippen molar-refractivity contribution < 1.29 is 4.79 Å². The van der Waals surface area contributed by atoms with E-state index in [1.807, 2.05) is 6.07 Å². The Balaban J connectivity index is 1.57. The largest absolute Gasteiger partial charge is 0.359 e. The summed E-state index contributed by atoms with van der Waals surface area (Å²) in [7, 11) is 1.66. The summed E-state index contributed by atoms with van der Waals surface area (Å²) in [5.74, 6) is 3.92. The molecule has 138 valence electrons. The zero-order chi connectivity index (χ0) is 17.9. The van der Waals surface area contributed by atoms with Gasteiger partial charge in [-0.05, 0) is 43.1 Å². The second-order valence-corrected chi connectivity index (χ2v) is 7.73. The fourth-order valence-corrected chi connectivity index (χ4v) is 4.91. The Morgan fingerprint density at radius 1 is 1.19 bits per heavy atom. The predicted molar refractivity (Wildman–Crippen MR) is 101 cm³/mol. The van der Waals surface area contributed by atoms with Gasteiger partial charge in [0.1, 0.15) is 5.82 Å². The molecule has 2 aliphatic carbocycles. The molecule has 0 radical (unpaired) electrons. The van der Waals surface area contributed by atoms with Gasteiger partial charge in [0.05, 0.1) is 6.42 Å². The minimum absolute atomic E-state index is 0.0260. The third kappa shape index (κ3) is 3.53. The molecule has 0 unspecified atom stereocenters. The van der Waals surface area contributed by atoms with Crippen molar-refractivity contribution in [1.82, 2.24) is 20.1 Å². The van der Waals surface area contributed by atoms with Gasteiger partial charge in [-0.25, -0.2) is 9.67 Å². The van der Waals surface area contributed by atoms with Gasteiger partial charge in [-0.3, -0.25) is 4.79 Å². The van der Waals surface area contributed by atoms with Crippen LogP contribution in [-0.4, -0.2) is 27.7 Å². The maximum Gasteiger partial charge on any atom is 0.227 e. The summed E-state index contributed by atoms with van der Waals surface area (Å²) >= 11 is 0. The molecular weight excluding hydrogens is 324 g/mol. The van der Waals surface area contributed by atoms with Crippen molar-refractivity contribution in [2.75, 3.05) is 7.05 Å². The number of fused-ring (bicyclic) bond motifs is 1. The zero-order valence-corrected chi connectivity index (χ0v) is 15.5. The Hall–Kier alpha value is -2.17. The summed E-state index contributed by atoms with van der Waals surface area (Å²) in [6, 6.07) is 10.5. The molecule has 0 spiro atoms. The van der Waals surface area contributed by atoms with E-state index < -0.39 is 0 Å². The number of rotatable bonds is 6. The van der Waals surface area contributed by atoms with Crippen LogP contribution in [0.5, 0.6) is 0 Å². The molecule has 26 heavy (non-hydrogen) atoms. The van der Waals surface area contributed by atoms with Crippen LogP contribution in [0.3, 0.4) is 0 Å². The van der Waals surface area contributed by atoms with Crippen molar-refractivity contribution in [2.24, 2.45) is 11.8 Å². The first kappa shape index (κ1) is 17.3. The maximum absolute atomic E-state index is 11.8. The van der Waals surface area contributed by atoms with Gasteiger partial charge in [0, 0.05) is 19.5 Å². The van der Waals surface area contributed by atoms with Crippen LogP contribution in [0, 0.1) is 11.8 Å². The van der Waals surface area contributed by atoms with Crippen LogP contribution < -0.4 is 5.32 Å². The molecule has 4 rings (SSSR count). The minimum atomic E-state index is -0.0260. The monoisotopic (exact) mass is 352 g/mol. The highest BCUT2D eigenvalue weighted by atomic mass is 16.1. The van der Waals surface area contributed by atoms with Gasteiger partial charge in [-0.2, -0.15) is 5.10 Å². The normalized spacial score (nSPS) is 24.6. The lowest BCUT2D eigenvalue weighted by atomic mass is 9.91. The number of hydrogen-bond acceptors (Lipinski definition) is 3. The fraction of sp³-hybridized carbons (Fsp3) is 0.571. The number of nitrogens with zero attached hydrogens (tertiary/aromatic N) is 3. The van der Waals surface area contributed by atoms with E-state index in [2.05, 4.69) is 34.3 Å². The Bertz CT molecular complexity index is 755. The van der Waals surface area contributed by atoms with Crippen LogP contribution in [0.25, 0.3) is 0 Å². The molecule has 2 aromatic rings. The van der Waals surface area contributed by atoms with Crippen LogP contribution in [-0.2, 0) is 24.2 Å². The first-order valence-corrected chi connectivity index (χ1v) is 9.92. The molecule has 1 N–H and O–H groups in total. The molecule has 1 aromatic carbocycles. The number of amides is 1. The van der Waals surface area contributed by atoms with Crippen molar-refractivity contribution in [3.05, 3.63) is 47.5 Å². The van der Waals surface area contributed by atoms with E-state index in [-0.39, 0.29) is 12.3 Å². The number of nitrogens with one attached hydrogen (secondary N) is 1. The summed E-state index contributed by atoms with van der Waals surface area (Å²) in [6.45, 7) is 0.827. The second-order valence-electron chi connectivity index (χ2n) is 7.73. The minimum Gasteiger partial charge on any atom is -0.359 e. The zero-order valence-electron chi connectivity index (χ0n) is 15.5. The van der Waals surface area contributed by atoms with Crippen LogP contribution in [0.2, 0.25) is 0 Å². The van der Waals surface area contributed by atoms with Crippen molar-refractivity contribution in [3.63, 3.8) is 0 Å². The molecule has 2 saturated carbocycles. The predicted octanol–water partition coefficient (Wildman–Crippen LogP) is 3.10. The Labute approximate surface area is 155 Å². The molecule has 0 saturated heterocycles. The Morgan fingerprint density at radius 3 is 2.85 bits per heavy atom. The van der Waals surface area contributed by atoms with Gasteiger partial charge in [0.15, 0.2) is 5.82 Å². The van der Waals surface area contributed by atoms with Gasteiger partial charge >= 0.3 is 0 Å². The first-order valence-electron chi connectivity index (χ1n) is 9.92. The molecule has 1 aromatic heterocycles. The van der Waals surface area contributed by atoms with Crippen LogP contribution in [0.1, 0.15) is 55.2 Å². The molecule has 1 amide bonds. The third-order valence-electron chi connectivity index (χ3n) is 6.21. The van der Waals surface area contributed by atoms with Crippen LogP contribution in [0.4, 0.5) is 0 Å². The van der Waals surface area contributed by atoms with Crippen molar-refractivity contribution in [1.29, 1.82) is 0 Å². The highest BCUT2D eigenvalue weighted by Crippen LogP contribution is 2.51. The summed E-state index contributed by atoms with van der Waals surface area (Å²) in [4.78, 5) is 16.6. The van der Waals surface area contributed by atoms with E-state index in [9.17, 15) is 4.79 Å². The lowest BCUT2D eigenvalue weighted by molar-refractivity contribution is -0.120. The van der Waals surface area contributed by atoms with Crippen molar-refractivity contribution in [3.8, 4) is 0 Å². The highest BCUT2D eigenvalue weighted by molar-refractivity contribution is 5.77. The molecule has 2 fully saturated rings. The summed E-state index contributed by atoms with van der Waals surface area (Å²) < 4.78 is 2.09. The van der Waals surface area contributed by atoms with E-state index in [1.54, 1.807) is 7.05 Å². The first-order chi connectivity index (χ1) is 12.7. The van der Waals surface area contributed by atoms with Crippen LogP contribution in [0.15, 0.2) is 30.3 Å². The summed E-state index contributed by atoms with van der Waals surface area (Å²) in [5.41, 5.74) is 1.31. The van der Waals surface area contributed by atoms with E-state index in [0.717, 1.165) is 30.6 Å². The molecule has 5 nitrogen and oxygen atoms in total. The molecule has 1 heterocycles. The topological polar surface area (TPSA) is 59.8 Å². The second kappa shape index (κ2) is 7.60. The van der Waals surface area contributed by atoms with E-state index in [4.69, 9.17) is 10.1 Å². The average molecular weight is 352 g/mol. The lowest BCUT2D eigenvalue weighted by Crippen LogP contribution is -2.20. The third-order valence-corrected chi connectivity index (χ3v) is 6.21. The number of aromatic nitrogens is 3. The van der Waals surface area contributed by atoms with E-state index in [1.165, 1.54) is 37.7 Å².